The second kappa shape index (κ2) is 7.86. The third-order valence-corrected chi connectivity index (χ3v) is 6.73. The molecular weight excluding hydrogens is 360 g/mol. The average Bonchev–Trinajstić information content (AvgIpc) is 3.15. The van der Waals surface area contributed by atoms with Gasteiger partial charge in [-0.05, 0) is 46.9 Å². The van der Waals surface area contributed by atoms with E-state index in [4.69, 9.17) is 9.47 Å². The SMILES string of the molecule is CC(C)c1cccc(C2COC3(CCC(O)(c4cccc(C(C)C)c4)CC3)O2)c1. The van der Waals surface area contributed by atoms with Gasteiger partial charge < -0.3 is 14.6 Å². The first-order valence-electron chi connectivity index (χ1n) is 11.0. The monoisotopic (exact) mass is 394 g/mol. The molecule has 3 nitrogen and oxygen atoms in total. The van der Waals surface area contributed by atoms with Crippen molar-refractivity contribution in [3.63, 3.8) is 0 Å². The second-order valence-electron chi connectivity index (χ2n) is 9.46. The van der Waals surface area contributed by atoms with Gasteiger partial charge in [0.2, 0.25) is 0 Å². The van der Waals surface area contributed by atoms with Crippen LogP contribution in [-0.2, 0) is 15.1 Å². The maximum atomic E-state index is 11.4. The number of hydrogen-bond acceptors (Lipinski definition) is 3. The normalized spacial score (nSPS) is 29.8. The summed E-state index contributed by atoms with van der Waals surface area (Å²) < 4.78 is 12.7. The van der Waals surface area contributed by atoms with Crippen LogP contribution in [0.4, 0.5) is 0 Å². The Kier molecular flexibility index (Phi) is 5.58. The van der Waals surface area contributed by atoms with Crippen molar-refractivity contribution in [2.75, 3.05) is 6.61 Å². The van der Waals surface area contributed by atoms with Crippen molar-refractivity contribution < 1.29 is 14.6 Å². The molecule has 1 saturated carbocycles. The van der Waals surface area contributed by atoms with Gasteiger partial charge in [-0.25, -0.2) is 0 Å². The lowest BCUT2D eigenvalue weighted by atomic mass is 9.76. The van der Waals surface area contributed by atoms with Crippen LogP contribution in [0.5, 0.6) is 0 Å². The average molecular weight is 395 g/mol. The molecule has 1 heterocycles. The van der Waals surface area contributed by atoms with Crippen molar-refractivity contribution in [3.8, 4) is 0 Å². The van der Waals surface area contributed by atoms with Crippen LogP contribution in [0.2, 0.25) is 0 Å². The summed E-state index contributed by atoms with van der Waals surface area (Å²) in [5, 5.41) is 11.4. The molecule has 1 N–H and O–H groups in total. The topological polar surface area (TPSA) is 38.7 Å². The van der Waals surface area contributed by atoms with E-state index in [9.17, 15) is 5.11 Å². The molecule has 29 heavy (non-hydrogen) atoms. The fraction of sp³-hybridized carbons (Fsp3) is 0.538. The van der Waals surface area contributed by atoms with E-state index < -0.39 is 11.4 Å². The van der Waals surface area contributed by atoms with Crippen LogP contribution in [0.15, 0.2) is 48.5 Å². The molecule has 3 heteroatoms. The summed E-state index contributed by atoms with van der Waals surface area (Å²) in [4.78, 5) is 0. The van der Waals surface area contributed by atoms with E-state index in [0.717, 1.165) is 18.4 Å². The molecule has 1 saturated heterocycles. The van der Waals surface area contributed by atoms with E-state index in [1.807, 2.05) is 0 Å². The molecule has 2 aromatic rings. The van der Waals surface area contributed by atoms with Gasteiger partial charge in [0.1, 0.15) is 6.10 Å². The summed E-state index contributed by atoms with van der Waals surface area (Å²) in [5.74, 6) is 0.398. The molecule has 0 radical (unpaired) electrons. The zero-order chi connectivity index (χ0) is 20.6. The van der Waals surface area contributed by atoms with Crippen molar-refractivity contribution in [2.45, 2.75) is 82.7 Å². The summed E-state index contributed by atoms with van der Waals surface area (Å²) in [6, 6.07) is 17.1. The third kappa shape index (κ3) is 4.14. The summed E-state index contributed by atoms with van der Waals surface area (Å²) in [7, 11) is 0. The summed E-state index contributed by atoms with van der Waals surface area (Å²) >= 11 is 0. The van der Waals surface area contributed by atoms with Crippen LogP contribution < -0.4 is 0 Å². The Labute approximate surface area is 175 Å². The van der Waals surface area contributed by atoms with Gasteiger partial charge in [0.05, 0.1) is 12.2 Å². The van der Waals surface area contributed by atoms with Gasteiger partial charge in [0.25, 0.3) is 0 Å². The van der Waals surface area contributed by atoms with Crippen LogP contribution in [0.3, 0.4) is 0 Å². The molecular formula is C26H34O3. The molecule has 1 spiro atoms. The molecule has 2 aliphatic rings. The van der Waals surface area contributed by atoms with Gasteiger partial charge in [-0.2, -0.15) is 0 Å². The van der Waals surface area contributed by atoms with Crippen molar-refractivity contribution in [3.05, 3.63) is 70.8 Å². The largest absolute Gasteiger partial charge is 0.385 e. The molecule has 4 rings (SSSR count). The van der Waals surface area contributed by atoms with Crippen LogP contribution in [0.1, 0.15) is 93.6 Å². The highest BCUT2D eigenvalue weighted by Crippen LogP contribution is 2.48. The predicted octanol–water partition coefficient (Wildman–Crippen LogP) is 6.18. The van der Waals surface area contributed by atoms with Gasteiger partial charge in [-0.3, -0.25) is 0 Å². The summed E-state index contributed by atoms with van der Waals surface area (Å²) in [6.45, 7) is 9.38. The third-order valence-electron chi connectivity index (χ3n) is 6.73. The molecule has 0 amide bonds. The van der Waals surface area contributed by atoms with E-state index in [0.29, 0.717) is 31.3 Å². The first-order valence-corrected chi connectivity index (χ1v) is 11.0. The fourth-order valence-corrected chi connectivity index (χ4v) is 4.62. The Bertz CT molecular complexity index is 847. The highest BCUT2D eigenvalue weighted by molar-refractivity contribution is 5.31. The molecule has 1 aliphatic heterocycles. The molecule has 156 valence electrons. The van der Waals surface area contributed by atoms with E-state index in [1.54, 1.807) is 0 Å². The van der Waals surface area contributed by atoms with Crippen LogP contribution in [-0.4, -0.2) is 17.5 Å². The maximum Gasteiger partial charge on any atom is 0.169 e. The van der Waals surface area contributed by atoms with E-state index in [2.05, 4.69) is 76.2 Å². The number of ether oxygens (including phenoxy) is 2. The zero-order valence-corrected chi connectivity index (χ0v) is 18.2. The molecule has 2 fully saturated rings. The Morgan fingerprint density at radius 1 is 0.862 bits per heavy atom. The lowest BCUT2D eigenvalue weighted by Crippen LogP contribution is -2.42. The number of benzene rings is 2. The zero-order valence-electron chi connectivity index (χ0n) is 18.2. The first kappa shape index (κ1) is 20.6. The van der Waals surface area contributed by atoms with Gasteiger partial charge in [-0.15, -0.1) is 0 Å². The molecule has 1 unspecified atom stereocenters. The Morgan fingerprint density at radius 2 is 1.48 bits per heavy atom. The molecule has 0 bridgehead atoms. The number of rotatable bonds is 4. The number of aliphatic hydroxyl groups is 1. The Balaban J connectivity index is 1.46. The highest BCUT2D eigenvalue weighted by atomic mass is 16.7. The molecule has 0 aromatic heterocycles. The van der Waals surface area contributed by atoms with Crippen molar-refractivity contribution in [1.29, 1.82) is 0 Å². The van der Waals surface area contributed by atoms with Gasteiger partial charge in [0.15, 0.2) is 5.79 Å². The second-order valence-corrected chi connectivity index (χ2v) is 9.46. The minimum absolute atomic E-state index is 0.0239. The quantitative estimate of drug-likeness (QED) is 0.673. The van der Waals surface area contributed by atoms with Crippen molar-refractivity contribution in [1.82, 2.24) is 0 Å². The fourth-order valence-electron chi connectivity index (χ4n) is 4.62. The predicted molar refractivity (Wildman–Crippen MR) is 116 cm³/mol. The lowest BCUT2D eigenvalue weighted by Gasteiger charge is -2.41. The molecule has 2 aromatic carbocycles. The van der Waals surface area contributed by atoms with E-state index in [-0.39, 0.29) is 6.10 Å². The van der Waals surface area contributed by atoms with Crippen molar-refractivity contribution in [2.24, 2.45) is 0 Å². The minimum atomic E-state index is -0.793. The lowest BCUT2D eigenvalue weighted by molar-refractivity contribution is -0.213. The number of hydrogen-bond donors (Lipinski definition) is 1. The minimum Gasteiger partial charge on any atom is -0.385 e. The molecule has 1 atom stereocenters. The van der Waals surface area contributed by atoms with E-state index in [1.165, 1.54) is 16.7 Å². The summed E-state index contributed by atoms with van der Waals surface area (Å²) in [6.07, 6.45) is 2.73. The smallest absolute Gasteiger partial charge is 0.169 e. The van der Waals surface area contributed by atoms with Crippen molar-refractivity contribution >= 4 is 0 Å². The summed E-state index contributed by atoms with van der Waals surface area (Å²) in [5.41, 5.74) is 4.03. The Morgan fingerprint density at radius 3 is 2.14 bits per heavy atom. The maximum absolute atomic E-state index is 11.4. The Hall–Kier alpha value is -1.68. The standard InChI is InChI=1S/C26H34O3/c1-18(2)20-7-5-9-22(15-20)24-17-28-26(29-24)13-11-25(27,12-14-26)23-10-6-8-21(16-23)19(3)4/h5-10,15-16,18-19,24,27H,11-14,17H2,1-4H3. The first-order chi connectivity index (χ1) is 13.8. The highest BCUT2D eigenvalue weighted by Gasteiger charge is 2.49. The van der Waals surface area contributed by atoms with E-state index >= 15 is 0 Å². The van der Waals surface area contributed by atoms with Crippen LogP contribution >= 0.6 is 0 Å². The van der Waals surface area contributed by atoms with Crippen LogP contribution in [0, 0.1) is 0 Å². The van der Waals surface area contributed by atoms with Gasteiger partial charge in [0, 0.05) is 12.8 Å². The van der Waals surface area contributed by atoms with Crippen LogP contribution in [0.25, 0.3) is 0 Å². The van der Waals surface area contributed by atoms with Gasteiger partial charge in [-0.1, -0.05) is 76.2 Å². The molecule has 1 aliphatic carbocycles. The van der Waals surface area contributed by atoms with Gasteiger partial charge >= 0.3 is 0 Å².